The van der Waals surface area contributed by atoms with E-state index in [9.17, 15) is 18.7 Å². The van der Waals surface area contributed by atoms with Crippen LogP contribution in [0.4, 0.5) is 20.2 Å². The molecule has 1 fully saturated rings. The fraction of sp³-hybridized carbons (Fsp3) is 0.429. The van der Waals surface area contributed by atoms with E-state index >= 15 is 0 Å². The summed E-state index contributed by atoms with van der Waals surface area (Å²) in [7, 11) is 0. The zero-order valence-electron chi connectivity index (χ0n) is 16.6. The van der Waals surface area contributed by atoms with Gasteiger partial charge in [-0.05, 0) is 43.7 Å². The van der Waals surface area contributed by atoms with Gasteiger partial charge in [-0.1, -0.05) is 19.4 Å². The van der Waals surface area contributed by atoms with E-state index < -0.39 is 23.3 Å². The number of hydrogen-bond donors (Lipinski definition) is 3. The largest absolute Gasteiger partial charge is 0.385 e. The summed E-state index contributed by atoms with van der Waals surface area (Å²) in [6.07, 6.45) is 3.26. The number of unbranched alkanes of at least 4 members (excludes halogenated alkanes) is 1. The van der Waals surface area contributed by atoms with Gasteiger partial charge in [0.15, 0.2) is 0 Å². The number of carbonyl (C=O) groups excluding carboxylic acids is 1. The lowest BCUT2D eigenvalue weighted by molar-refractivity contribution is -0.0784. The Hall–Kier alpha value is -2.58. The minimum Gasteiger partial charge on any atom is -0.385 e. The molecule has 6 nitrogen and oxygen atoms in total. The van der Waals surface area contributed by atoms with Crippen LogP contribution in [-0.2, 0) is 0 Å². The molecule has 1 aliphatic rings. The number of carbonyl (C=O) groups is 1. The number of halogens is 2. The van der Waals surface area contributed by atoms with Crippen LogP contribution in [0.2, 0.25) is 0 Å². The lowest BCUT2D eigenvalue weighted by Gasteiger charge is -2.46. The second kappa shape index (κ2) is 8.84. The molecule has 1 aromatic heterocycles. The van der Waals surface area contributed by atoms with E-state index in [1.54, 1.807) is 13.0 Å². The minimum absolute atomic E-state index is 0.0402. The Morgan fingerprint density at radius 1 is 1.31 bits per heavy atom. The van der Waals surface area contributed by atoms with Crippen LogP contribution in [0, 0.1) is 18.7 Å². The first kappa shape index (κ1) is 21.1. The average molecular weight is 404 g/mol. The number of aliphatic hydroxyl groups is 1. The number of β-amino-alcohol motifs (C(OH)–C–C–N with tert-alkyl or cyclic N) is 1. The van der Waals surface area contributed by atoms with Gasteiger partial charge in [0.25, 0.3) is 5.91 Å². The molecule has 2 heterocycles. The van der Waals surface area contributed by atoms with E-state index in [2.05, 4.69) is 22.5 Å². The minimum atomic E-state index is -0.994. The Labute approximate surface area is 168 Å². The van der Waals surface area contributed by atoms with Crippen LogP contribution in [-0.4, -0.2) is 52.7 Å². The van der Waals surface area contributed by atoms with Crippen molar-refractivity contribution >= 4 is 17.3 Å². The summed E-state index contributed by atoms with van der Waals surface area (Å²) in [5, 5.41) is 16.3. The number of hydrogen-bond acceptors (Lipinski definition) is 5. The van der Waals surface area contributed by atoms with Crippen molar-refractivity contribution in [1.82, 2.24) is 15.2 Å². The molecular weight excluding hydrogens is 378 g/mol. The molecule has 1 aliphatic heterocycles. The van der Waals surface area contributed by atoms with Gasteiger partial charge >= 0.3 is 0 Å². The molecule has 1 saturated heterocycles. The Morgan fingerprint density at radius 3 is 2.76 bits per heavy atom. The standard InChI is InChI=1S/C21H26F2N4O2/c1-3-4-8-24-11-21(29)12-27(13-21)20(28)15-7-9-25-19(23)18(15)26-17-6-5-14(2)10-16(17)22/h5-7,9-10,24,26,29H,3-4,8,11-13H2,1-2H3. The molecule has 3 rings (SSSR count). The van der Waals surface area contributed by atoms with E-state index in [1.165, 1.54) is 29.3 Å². The predicted molar refractivity (Wildman–Crippen MR) is 107 cm³/mol. The molecule has 0 atom stereocenters. The number of aryl methyl sites for hydroxylation is 1. The molecule has 0 unspecified atom stereocenters. The first-order chi connectivity index (χ1) is 13.8. The number of nitrogens with zero attached hydrogens (tertiary/aromatic N) is 2. The fourth-order valence-electron chi connectivity index (χ4n) is 3.30. The Morgan fingerprint density at radius 2 is 2.07 bits per heavy atom. The molecule has 8 heteroatoms. The zero-order chi connectivity index (χ0) is 21.0. The number of amides is 1. The first-order valence-electron chi connectivity index (χ1n) is 9.73. The third kappa shape index (κ3) is 4.89. The van der Waals surface area contributed by atoms with Gasteiger partial charge < -0.3 is 20.6 Å². The van der Waals surface area contributed by atoms with Crippen molar-refractivity contribution in [3.05, 3.63) is 53.4 Å². The Bertz CT molecular complexity index is 885. The summed E-state index contributed by atoms with van der Waals surface area (Å²) < 4.78 is 28.5. The highest BCUT2D eigenvalue weighted by atomic mass is 19.1. The van der Waals surface area contributed by atoms with Crippen LogP contribution >= 0.6 is 0 Å². The fourth-order valence-corrected chi connectivity index (χ4v) is 3.30. The molecule has 0 saturated carbocycles. The van der Waals surface area contributed by atoms with Crippen LogP contribution < -0.4 is 10.6 Å². The second-order valence-corrected chi connectivity index (χ2v) is 7.55. The lowest BCUT2D eigenvalue weighted by Crippen LogP contribution is -2.67. The SMILES string of the molecule is CCCCNCC1(O)CN(C(=O)c2ccnc(F)c2Nc2ccc(C)cc2F)C1. The Kier molecular flexibility index (Phi) is 6.44. The van der Waals surface area contributed by atoms with Crippen LogP contribution in [0.1, 0.15) is 35.7 Å². The molecule has 29 heavy (non-hydrogen) atoms. The van der Waals surface area contributed by atoms with Crippen molar-refractivity contribution in [2.75, 3.05) is 31.5 Å². The van der Waals surface area contributed by atoms with Gasteiger partial charge in [0.05, 0.1) is 24.3 Å². The van der Waals surface area contributed by atoms with Crippen molar-refractivity contribution in [3.63, 3.8) is 0 Å². The third-order valence-electron chi connectivity index (χ3n) is 4.94. The van der Waals surface area contributed by atoms with E-state index in [4.69, 9.17) is 0 Å². The van der Waals surface area contributed by atoms with Crippen molar-refractivity contribution in [1.29, 1.82) is 0 Å². The number of benzene rings is 1. The zero-order valence-corrected chi connectivity index (χ0v) is 16.6. The second-order valence-electron chi connectivity index (χ2n) is 7.55. The molecule has 0 spiro atoms. The van der Waals surface area contributed by atoms with Crippen LogP contribution in [0.25, 0.3) is 0 Å². The summed E-state index contributed by atoms with van der Waals surface area (Å²) in [6, 6.07) is 5.87. The van der Waals surface area contributed by atoms with E-state index in [1.807, 2.05) is 0 Å². The van der Waals surface area contributed by atoms with Crippen molar-refractivity contribution < 1.29 is 18.7 Å². The van der Waals surface area contributed by atoms with Gasteiger partial charge in [-0.2, -0.15) is 4.39 Å². The van der Waals surface area contributed by atoms with Crippen LogP contribution in [0.5, 0.6) is 0 Å². The van der Waals surface area contributed by atoms with Gasteiger partial charge in [0.1, 0.15) is 17.1 Å². The maximum Gasteiger partial charge on any atom is 0.256 e. The molecule has 0 radical (unpaired) electrons. The van der Waals surface area contributed by atoms with E-state index in [0.29, 0.717) is 6.54 Å². The summed E-state index contributed by atoms with van der Waals surface area (Å²) >= 11 is 0. The molecule has 2 aromatic rings. The molecule has 0 aliphatic carbocycles. The van der Waals surface area contributed by atoms with E-state index in [0.717, 1.165) is 24.9 Å². The van der Waals surface area contributed by atoms with E-state index in [-0.39, 0.29) is 30.0 Å². The number of aromatic nitrogens is 1. The highest BCUT2D eigenvalue weighted by Gasteiger charge is 2.44. The molecule has 1 aromatic carbocycles. The summed E-state index contributed by atoms with van der Waals surface area (Å²) in [5.41, 5.74) is -0.360. The number of rotatable bonds is 8. The first-order valence-corrected chi connectivity index (χ1v) is 9.73. The Balaban J connectivity index is 1.71. The number of likely N-dealkylation sites (tertiary alicyclic amines) is 1. The van der Waals surface area contributed by atoms with Gasteiger partial charge in [-0.15, -0.1) is 0 Å². The average Bonchev–Trinajstić information content (AvgIpc) is 2.66. The molecule has 0 bridgehead atoms. The smallest absolute Gasteiger partial charge is 0.256 e. The van der Waals surface area contributed by atoms with Gasteiger partial charge in [0, 0.05) is 12.7 Å². The number of anilines is 2. The van der Waals surface area contributed by atoms with Crippen LogP contribution in [0.15, 0.2) is 30.5 Å². The lowest BCUT2D eigenvalue weighted by atomic mass is 9.93. The van der Waals surface area contributed by atoms with Crippen molar-refractivity contribution in [3.8, 4) is 0 Å². The molecule has 156 valence electrons. The molecule has 3 N–H and O–H groups in total. The predicted octanol–water partition coefficient (Wildman–Crippen LogP) is 2.99. The molecular formula is C21H26F2N4O2. The quantitative estimate of drug-likeness (QED) is 0.466. The molecule has 1 amide bonds. The number of nitrogens with one attached hydrogen (secondary N) is 2. The third-order valence-corrected chi connectivity index (χ3v) is 4.94. The van der Waals surface area contributed by atoms with Crippen molar-refractivity contribution in [2.24, 2.45) is 0 Å². The normalized spacial score (nSPS) is 15.1. The van der Waals surface area contributed by atoms with Gasteiger partial charge in [-0.3, -0.25) is 4.79 Å². The highest BCUT2D eigenvalue weighted by molar-refractivity contribution is 6.00. The maximum absolute atomic E-state index is 14.4. The van der Waals surface area contributed by atoms with Crippen molar-refractivity contribution in [2.45, 2.75) is 32.3 Å². The monoisotopic (exact) mass is 404 g/mol. The summed E-state index contributed by atoms with van der Waals surface area (Å²) in [4.78, 5) is 17.9. The topological polar surface area (TPSA) is 77.5 Å². The number of pyridine rings is 1. The highest BCUT2D eigenvalue weighted by Crippen LogP contribution is 2.29. The summed E-state index contributed by atoms with van der Waals surface area (Å²) in [5.74, 6) is -1.89. The van der Waals surface area contributed by atoms with Crippen LogP contribution in [0.3, 0.4) is 0 Å². The maximum atomic E-state index is 14.4. The summed E-state index contributed by atoms with van der Waals surface area (Å²) in [6.45, 7) is 5.32. The van der Waals surface area contributed by atoms with Gasteiger partial charge in [-0.25, -0.2) is 9.37 Å². The van der Waals surface area contributed by atoms with Gasteiger partial charge in [0.2, 0.25) is 5.95 Å².